The van der Waals surface area contributed by atoms with Crippen LogP contribution in [0.25, 0.3) is 5.82 Å². The zero-order chi connectivity index (χ0) is 23.2. The van der Waals surface area contributed by atoms with E-state index in [2.05, 4.69) is 35.8 Å². The molecule has 2 aromatic carbocycles. The summed E-state index contributed by atoms with van der Waals surface area (Å²) in [6.45, 7) is 0. The summed E-state index contributed by atoms with van der Waals surface area (Å²) >= 11 is 1.45. The van der Waals surface area contributed by atoms with Crippen molar-refractivity contribution < 1.29 is 14.3 Å². The standard InChI is InChI=1S/C19H15N9O4S/c20-17-18(25-32-24-17)27-15(11-33-14-7-2-1-3-8-14)16(22-26-27)19(29)23-21-10-12-5-4-6-13(9-12)28(30)31/h1-10H,11H2,(H2,20,24)(H,23,29)/b21-10+. The van der Waals surface area contributed by atoms with E-state index in [4.69, 9.17) is 5.73 Å². The van der Waals surface area contributed by atoms with Crippen LogP contribution >= 0.6 is 11.8 Å². The summed E-state index contributed by atoms with van der Waals surface area (Å²) in [5, 5.41) is 29.9. The summed E-state index contributed by atoms with van der Waals surface area (Å²) in [5.74, 6) is -0.242. The number of nitrogens with two attached hydrogens (primary N) is 1. The van der Waals surface area contributed by atoms with Gasteiger partial charge in [0.1, 0.15) is 0 Å². The first-order chi connectivity index (χ1) is 16.0. The SMILES string of the molecule is Nc1nonc1-n1nnc(C(=O)N/N=C/c2cccc([N+](=O)[O-])c2)c1CSc1ccccc1. The van der Waals surface area contributed by atoms with E-state index in [0.717, 1.165) is 4.90 Å². The van der Waals surface area contributed by atoms with Crippen LogP contribution in [0.2, 0.25) is 0 Å². The van der Waals surface area contributed by atoms with Gasteiger partial charge in [-0.2, -0.15) is 9.78 Å². The summed E-state index contributed by atoms with van der Waals surface area (Å²) in [7, 11) is 0. The molecule has 0 saturated carbocycles. The molecule has 1 amide bonds. The number of aromatic nitrogens is 5. The molecule has 0 radical (unpaired) electrons. The summed E-state index contributed by atoms with van der Waals surface area (Å²) < 4.78 is 5.91. The number of amides is 1. The maximum absolute atomic E-state index is 12.8. The second kappa shape index (κ2) is 9.69. The number of nitro groups is 1. The predicted octanol–water partition coefficient (Wildman–Crippen LogP) is 2.20. The van der Waals surface area contributed by atoms with Crippen LogP contribution < -0.4 is 11.2 Å². The Morgan fingerprint density at radius 3 is 2.79 bits per heavy atom. The second-order valence-electron chi connectivity index (χ2n) is 6.42. The van der Waals surface area contributed by atoms with Crippen molar-refractivity contribution in [3.05, 3.63) is 81.7 Å². The molecule has 0 atom stereocenters. The largest absolute Gasteiger partial charge is 0.378 e. The van der Waals surface area contributed by atoms with Gasteiger partial charge in [0.2, 0.25) is 11.6 Å². The maximum atomic E-state index is 12.8. The zero-order valence-electron chi connectivity index (χ0n) is 16.7. The smallest absolute Gasteiger partial charge is 0.293 e. The fourth-order valence-corrected chi connectivity index (χ4v) is 3.63. The number of thioether (sulfide) groups is 1. The molecule has 2 heterocycles. The molecular weight excluding hydrogens is 450 g/mol. The third kappa shape index (κ3) is 5.01. The molecule has 14 heteroatoms. The Bertz CT molecular complexity index is 1320. The van der Waals surface area contributed by atoms with Crippen LogP contribution in [-0.2, 0) is 5.75 Å². The third-order valence-corrected chi connectivity index (χ3v) is 5.28. The highest BCUT2D eigenvalue weighted by atomic mass is 32.2. The second-order valence-corrected chi connectivity index (χ2v) is 7.47. The van der Waals surface area contributed by atoms with E-state index in [1.54, 1.807) is 6.07 Å². The fraction of sp³-hybridized carbons (Fsp3) is 0.0526. The van der Waals surface area contributed by atoms with Crippen LogP contribution in [0.3, 0.4) is 0 Å². The average molecular weight is 465 g/mol. The van der Waals surface area contributed by atoms with Gasteiger partial charge >= 0.3 is 0 Å². The molecule has 13 nitrogen and oxygen atoms in total. The summed E-state index contributed by atoms with van der Waals surface area (Å²) in [4.78, 5) is 24.1. The Balaban J connectivity index is 1.56. The van der Waals surface area contributed by atoms with Crippen molar-refractivity contribution in [3.8, 4) is 5.82 Å². The molecule has 0 spiro atoms. The Hall–Kier alpha value is -4.59. The lowest BCUT2D eigenvalue weighted by molar-refractivity contribution is -0.384. The molecular formula is C19H15N9O4S. The van der Waals surface area contributed by atoms with Crippen molar-refractivity contribution in [2.45, 2.75) is 10.6 Å². The predicted molar refractivity (Wildman–Crippen MR) is 118 cm³/mol. The zero-order valence-corrected chi connectivity index (χ0v) is 17.5. The van der Waals surface area contributed by atoms with Gasteiger partial charge in [0.25, 0.3) is 11.6 Å². The monoisotopic (exact) mass is 465 g/mol. The lowest BCUT2D eigenvalue weighted by atomic mass is 10.2. The lowest BCUT2D eigenvalue weighted by Crippen LogP contribution is -2.20. The number of benzene rings is 2. The number of nitrogens with one attached hydrogen (secondary N) is 1. The fourth-order valence-electron chi connectivity index (χ4n) is 2.72. The quantitative estimate of drug-likeness (QED) is 0.169. The molecule has 0 unspecified atom stereocenters. The van der Waals surface area contributed by atoms with Crippen molar-refractivity contribution in [2.75, 3.05) is 5.73 Å². The minimum absolute atomic E-state index is 0.00276. The Kier molecular flexibility index (Phi) is 6.36. The van der Waals surface area contributed by atoms with Crippen molar-refractivity contribution >= 4 is 35.4 Å². The normalized spacial score (nSPS) is 11.0. The molecule has 33 heavy (non-hydrogen) atoms. The maximum Gasteiger partial charge on any atom is 0.293 e. The Labute approximate surface area is 189 Å². The van der Waals surface area contributed by atoms with Crippen LogP contribution in [0.15, 0.2) is 69.2 Å². The van der Waals surface area contributed by atoms with E-state index < -0.39 is 10.8 Å². The van der Waals surface area contributed by atoms with Gasteiger partial charge in [-0.15, -0.1) is 16.9 Å². The molecule has 2 aromatic heterocycles. The van der Waals surface area contributed by atoms with Gasteiger partial charge in [0, 0.05) is 28.3 Å². The molecule has 0 aliphatic carbocycles. The van der Waals surface area contributed by atoms with Gasteiger partial charge in [-0.1, -0.05) is 35.5 Å². The minimum Gasteiger partial charge on any atom is -0.378 e. The van der Waals surface area contributed by atoms with Crippen LogP contribution in [0, 0.1) is 10.1 Å². The number of nitrogen functional groups attached to an aromatic ring is 1. The highest BCUT2D eigenvalue weighted by Gasteiger charge is 2.24. The number of hydrazone groups is 1. The van der Waals surface area contributed by atoms with Gasteiger partial charge in [0.05, 0.1) is 16.8 Å². The summed E-state index contributed by atoms with van der Waals surface area (Å²) in [5.41, 5.74) is 8.87. The van der Waals surface area contributed by atoms with E-state index in [-0.39, 0.29) is 23.0 Å². The number of nitro benzene ring substituents is 1. The average Bonchev–Trinajstić information content (AvgIpc) is 3.44. The van der Waals surface area contributed by atoms with Crippen molar-refractivity contribution in [1.29, 1.82) is 0 Å². The van der Waals surface area contributed by atoms with Gasteiger partial charge < -0.3 is 5.73 Å². The Morgan fingerprint density at radius 1 is 1.24 bits per heavy atom. The first-order valence-corrected chi connectivity index (χ1v) is 10.3. The van der Waals surface area contributed by atoms with Crippen molar-refractivity contribution in [3.63, 3.8) is 0 Å². The van der Waals surface area contributed by atoms with Gasteiger partial charge in [-0.25, -0.2) is 10.1 Å². The van der Waals surface area contributed by atoms with Crippen LogP contribution in [0.4, 0.5) is 11.5 Å². The molecule has 3 N–H and O–H groups in total. The first kappa shape index (κ1) is 21.6. The number of carbonyl (C=O) groups excluding carboxylic acids is 1. The number of nitrogens with zero attached hydrogens (tertiary/aromatic N) is 7. The van der Waals surface area contributed by atoms with E-state index in [9.17, 15) is 14.9 Å². The summed E-state index contributed by atoms with van der Waals surface area (Å²) in [6, 6.07) is 15.4. The van der Waals surface area contributed by atoms with Gasteiger partial charge in [-0.05, 0) is 22.4 Å². The molecule has 4 aromatic rings. The topological polar surface area (TPSA) is 180 Å². The number of hydrogen-bond acceptors (Lipinski definition) is 11. The number of rotatable bonds is 8. The molecule has 0 saturated heterocycles. The number of hydrogen-bond donors (Lipinski definition) is 2. The van der Waals surface area contributed by atoms with E-state index >= 15 is 0 Å². The number of carbonyl (C=O) groups is 1. The number of anilines is 1. The highest BCUT2D eigenvalue weighted by Crippen LogP contribution is 2.25. The minimum atomic E-state index is -0.637. The molecule has 0 aliphatic rings. The molecule has 0 fully saturated rings. The third-order valence-electron chi connectivity index (χ3n) is 4.25. The van der Waals surface area contributed by atoms with Crippen LogP contribution in [0.5, 0.6) is 0 Å². The van der Waals surface area contributed by atoms with Crippen molar-refractivity contribution in [2.24, 2.45) is 5.10 Å². The van der Waals surface area contributed by atoms with Gasteiger partial charge in [0.15, 0.2) is 5.69 Å². The molecule has 166 valence electrons. The molecule has 4 rings (SSSR count). The first-order valence-electron chi connectivity index (χ1n) is 9.31. The Morgan fingerprint density at radius 2 is 2.06 bits per heavy atom. The van der Waals surface area contributed by atoms with E-state index in [0.29, 0.717) is 17.0 Å². The van der Waals surface area contributed by atoms with Crippen molar-refractivity contribution in [1.82, 2.24) is 30.7 Å². The van der Waals surface area contributed by atoms with E-state index in [1.807, 2.05) is 30.3 Å². The molecule has 0 bridgehead atoms. The van der Waals surface area contributed by atoms with Crippen LogP contribution in [0.1, 0.15) is 21.7 Å². The van der Waals surface area contributed by atoms with Gasteiger partial charge in [-0.3, -0.25) is 14.9 Å². The summed E-state index contributed by atoms with van der Waals surface area (Å²) in [6.07, 6.45) is 1.28. The molecule has 0 aliphatic heterocycles. The highest BCUT2D eigenvalue weighted by molar-refractivity contribution is 7.98. The van der Waals surface area contributed by atoms with E-state index in [1.165, 1.54) is 40.9 Å². The van der Waals surface area contributed by atoms with Crippen LogP contribution in [-0.4, -0.2) is 42.4 Å². The number of non-ortho nitro benzene ring substituents is 1. The lowest BCUT2D eigenvalue weighted by Gasteiger charge is -2.05.